The second-order valence-corrected chi connectivity index (χ2v) is 6.24. The van der Waals surface area contributed by atoms with Crippen molar-refractivity contribution >= 4 is 16.1 Å². The first-order valence-electron chi connectivity index (χ1n) is 6.25. The number of ether oxygens (including phenoxy) is 1. The van der Waals surface area contributed by atoms with Gasteiger partial charge in [-0.3, -0.25) is 4.79 Å². The van der Waals surface area contributed by atoms with Crippen molar-refractivity contribution in [1.29, 1.82) is 0 Å². The number of nitrogens with zero attached hydrogens (tertiary/aromatic N) is 1. The number of hydrogen-bond donors (Lipinski definition) is 1. The normalized spacial score (nSPS) is 11.4. The highest BCUT2D eigenvalue weighted by atomic mass is 32.2. The van der Waals surface area contributed by atoms with Crippen LogP contribution in [0.4, 0.5) is 0 Å². The highest BCUT2D eigenvalue weighted by molar-refractivity contribution is 7.87. The van der Waals surface area contributed by atoms with Crippen LogP contribution in [-0.2, 0) is 10.2 Å². The van der Waals surface area contributed by atoms with Crippen molar-refractivity contribution < 1.29 is 17.9 Å². The molecule has 0 bridgehead atoms. The molecule has 0 unspecified atom stereocenters. The summed E-state index contributed by atoms with van der Waals surface area (Å²) in [6, 6.07) is 4.94. The lowest BCUT2D eigenvalue weighted by Gasteiger charge is -2.17. The molecule has 0 spiro atoms. The van der Waals surface area contributed by atoms with Crippen LogP contribution in [0.15, 0.2) is 18.2 Å². The van der Waals surface area contributed by atoms with Crippen LogP contribution in [0.2, 0.25) is 0 Å². The van der Waals surface area contributed by atoms with Crippen molar-refractivity contribution in [3.8, 4) is 5.75 Å². The molecule has 0 aromatic heterocycles. The molecule has 112 valence electrons. The van der Waals surface area contributed by atoms with Gasteiger partial charge in [0.2, 0.25) is 0 Å². The van der Waals surface area contributed by atoms with Gasteiger partial charge in [-0.25, -0.2) is 4.72 Å². The molecule has 0 fully saturated rings. The van der Waals surface area contributed by atoms with E-state index < -0.39 is 16.1 Å². The molecular formula is C13H20N2O4S. The van der Waals surface area contributed by atoms with E-state index in [0.717, 1.165) is 9.87 Å². The molecule has 0 aliphatic carbocycles. The summed E-state index contributed by atoms with van der Waals surface area (Å²) in [4.78, 5) is 12.1. The Morgan fingerprint density at radius 3 is 2.60 bits per heavy atom. The number of carbonyl (C=O) groups excluding carboxylic acids is 1. The Bertz CT molecular complexity index is 584. The molecule has 6 nitrogen and oxygen atoms in total. The Morgan fingerprint density at radius 1 is 1.40 bits per heavy atom. The van der Waals surface area contributed by atoms with Crippen LogP contribution >= 0.6 is 0 Å². The number of aryl methyl sites for hydroxylation is 1. The molecule has 1 aromatic carbocycles. The van der Waals surface area contributed by atoms with Crippen molar-refractivity contribution in [2.75, 3.05) is 20.7 Å². The SMILES string of the molecule is CCCN(C)S(=O)(=O)NC(=O)c1ccc(C)cc1OC. The third-order valence-electron chi connectivity index (χ3n) is 2.77. The number of benzene rings is 1. The van der Waals surface area contributed by atoms with Gasteiger partial charge >= 0.3 is 10.2 Å². The number of rotatable bonds is 6. The summed E-state index contributed by atoms with van der Waals surface area (Å²) in [5.41, 5.74) is 1.11. The van der Waals surface area contributed by atoms with Crippen molar-refractivity contribution in [1.82, 2.24) is 9.03 Å². The minimum atomic E-state index is -3.83. The topological polar surface area (TPSA) is 75.7 Å². The van der Waals surface area contributed by atoms with Crippen LogP contribution in [0, 0.1) is 6.92 Å². The zero-order chi connectivity index (χ0) is 15.3. The smallest absolute Gasteiger partial charge is 0.303 e. The molecule has 0 saturated heterocycles. The molecule has 0 atom stereocenters. The first-order chi connectivity index (χ1) is 9.31. The molecule has 1 amide bonds. The van der Waals surface area contributed by atoms with Gasteiger partial charge in [0.15, 0.2) is 0 Å². The maximum atomic E-state index is 12.1. The first-order valence-corrected chi connectivity index (χ1v) is 7.69. The zero-order valence-corrected chi connectivity index (χ0v) is 13.0. The van der Waals surface area contributed by atoms with E-state index in [0.29, 0.717) is 18.7 Å². The summed E-state index contributed by atoms with van der Waals surface area (Å²) in [7, 11) is -0.971. The monoisotopic (exact) mass is 300 g/mol. The van der Waals surface area contributed by atoms with E-state index in [2.05, 4.69) is 0 Å². The summed E-state index contributed by atoms with van der Waals surface area (Å²) in [5, 5.41) is 0. The van der Waals surface area contributed by atoms with Crippen molar-refractivity contribution in [3.05, 3.63) is 29.3 Å². The van der Waals surface area contributed by atoms with Gasteiger partial charge < -0.3 is 4.74 Å². The molecule has 0 aliphatic heterocycles. The average molecular weight is 300 g/mol. The van der Waals surface area contributed by atoms with Gasteiger partial charge in [0.05, 0.1) is 12.7 Å². The van der Waals surface area contributed by atoms with Crippen molar-refractivity contribution in [2.24, 2.45) is 0 Å². The van der Waals surface area contributed by atoms with Gasteiger partial charge in [0.25, 0.3) is 5.91 Å². The fourth-order valence-corrected chi connectivity index (χ4v) is 2.59. The Labute approximate surface area is 119 Å². The predicted octanol–water partition coefficient (Wildman–Crippen LogP) is 1.32. The van der Waals surface area contributed by atoms with E-state index in [-0.39, 0.29) is 5.56 Å². The van der Waals surface area contributed by atoms with Crippen molar-refractivity contribution in [2.45, 2.75) is 20.3 Å². The molecule has 1 aromatic rings. The van der Waals surface area contributed by atoms with E-state index in [9.17, 15) is 13.2 Å². The van der Waals surface area contributed by atoms with Crippen LogP contribution in [0.1, 0.15) is 29.3 Å². The molecule has 0 saturated carbocycles. The molecule has 0 aliphatic rings. The zero-order valence-electron chi connectivity index (χ0n) is 12.1. The second kappa shape index (κ2) is 6.71. The third kappa shape index (κ3) is 3.94. The quantitative estimate of drug-likeness (QED) is 0.859. The highest BCUT2D eigenvalue weighted by Gasteiger charge is 2.22. The summed E-state index contributed by atoms with van der Waals surface area (Å²) >= 11 is 0. The van der Waals surface area contributed by atoms with Crippen molar-refractivity contribution in [3.63, 3.8) is 0 Å². The van der Waals surface area contributed by atoms with E-state index in [1.165, 1.54) is 14.2 Å². The molecule has 20 heavy (non-hydrogen) atoms. The molecule has 1 rings (SSSR count). The Hall–Kier alpha value is -1.60. The standard InChI is InChI=1S/C13H20N2O4S/c1-5-8-15(3)20(17,18)14-13(16)11-7-6-10(2)9-12(11)19-4/h6-7,9H,5,8H2,1-4H3,(H,14,16). The van der Waals surface area contributed by atoms with E-state index in [1.54, 1.807) is 18.2 Å². The van der Waals surface area contributed by atoms with Gasteiger partial charge in [-0.1, -0.05) is 13.0 Å². The molecule has 1 N–H and O–H groups in total. The Morgan fingerprint density at radius 2 is 2.05 bits per heavy atom. The van der Waals surface area contributed by atoms with Crippen LogP contribution in [0.3, 0.4) is 0 Å². The largest absolute Gasteiger partial charge is 0.496 e. The van der Waals surface area contributed by atoms with Crippen LogP contribution in [0.5, 0.6) is 5.75 Å². The number of carbonyl (C=O) groups is 1. The number of hydrogen-bond acceptors (Lipinski definition) is 4. The second-order valence-electron chi connectivity index (χ2n) is 4.46. The van der Waals surface area contributed by atoms with E-state index >= 15 is 0 Å². The average Bonchev–Trinajstić information content (AvgIpc) is 2.38. The Kier molecular flexibility index (Phi) is 5.52. The molecule has 0 heterocycles. The number of methoxy groups -OCH3 is 1. The highest BCUT2D eigenvalue weighted by Crippen LogP contribution is 2.20. The summed E-state index contributed by atoms with van der Waals surface area (Å²) in [6.07, 6.45) is 0.666. The number of amides is 1. The van der Waals surface area contributed by atoms with Gasteiger partial charge in [0.1, 0.15) is 5.75 Å². The minimum Gasteiger partial charge on any atom is -0.496 e. The minimum absolute atomic E-state index is 0.187. The fraction of sp³-hybridized carbons (Fsp3) is 0.462. The Balaban J connectivity index is 2.97. The number of nitrogens with one attached hydrogen (secondary N) is 1. The van der Waals surface area contributed by atoms with Crippen LogP contribution in [-0.4, -0.2) is 39.3 Å². The van der Waals surface area contributed by atoms with E-state index in [1.807, 2.05) is 18.6 Å². The maximum absolute atomic E-state index is 12.1. The summed E-state index contributed by atoms with van der Waals surface area (Å²) < 4.78 is 32.1. The molecule has 0 radical (unpaired) electrons. The van der Waals surface area contributed by atoms with Gasteiger partial charge in [0, 0.05) is 13.6 Å². The third-order valence-corrected chi connectivity index (χ3v) is 4.22. The summed E-state index contributed by atoms with van der Waals surface area (Å²) in [6.45, 7) is 4.06. The lowest BCUT2D eigenvalue weighted by Crippen LogP contribution is -2.41. The molecular weight excluding hydrogens is 280 g/mol. The fourth-order valence-electron chi connectivity index (χ4n) is 1.67. The van der Waals surface area contributed by atoms with Crippen LogP contribution in [0.25, 0.3) is 0 Å². The summed E-state index contributed by atoms with van der Waals surface area (Å²) in [5.74, 6) is -0.361. The van der Waals surface area contributed by atoms with Gasteiger partial charge in [-0.2, -0.15) is 12.7 Å². The maximum Gasteiger partial charge on any atom is 0.303 e. The first kappa shape index (κ1) is 16.5. The predicted molar refractivity (Wildman–Crippen MR) is 77.0 cm³/mol. The van der Waals surface area contributed by atoms with Gasteiger partial charge in [-0.15, -0.1) is 0 Å². The molecule has 7 heteroatoms. The lowest BCUT2D eigenvalue weighted by molar-refractivity contribution is 0.0976. The van der Waals surface area contributed by atoms with E-state index in [4.69, 9.17) is 4.74 Å². The van der Waals surface area contributed by atoms with Gasteiger partial charge in [-0.05, 0) is 31.0 Å². The lowest BCUT2D eigenvalue weighted by atomic mass is 10.1. The van der Waals surface area contributed by atoms with Crippen LogP contribution < -0.4 is 9.46 Å².